The Morgan fingerprint density at radius 3 is 2.35 bits per heavy atom. The van der Waals surface area contributed by atoms with Crippen molar-refractivity contribution < 1.29 is 9.47 Å². The van der Waals surface area contributed by atoms with Crippen molar-refractivity contribution in [2.75, 3.05) is 14.2 Å². The molecule has 1 aliphatic rings. The molecular formula is C15H23Cl2NO2. The monoisotopic (exact) mass is 319 g/mol. The first kappa shape index (κ1) is 17.4. The third kappa shape index (κ3) is 3.51. The highest BCUT2D eigenvalue weighted by molar-refractivity contribution is 6.33. The molecule has 5 heteroatoms. The van der Waals surface area contributed by atoms with Crippen LogP contribution in [0.25, 0.3) is 0 Å². The van der Waals surface area contributed by atoms with Crippen LogP contribution >= 0.6 is 24.0 Å². The third-order valence-electron chi connectivity index (χ3n) is 4.03. The van der Waals surface area contributed by atoms with E-state index in [0.717, 1.165) is 5.56 Å². The molecule has 0 aliphatic heterocycles. The molecule has 0 bridgehead atoms. The Morgan fingerprint density at radius 1 is 1.15 bits per heavy atom. The molecule has 0 aromatic heterocycles. The molecule has 0 unspecified atom stereocenters. The molecule has 1 atom stereocenters. The Balaban J connectivity index is 0.00000200. The van der Waals surface area contributed by atoms with Gasteiger partial charge in [-0.1, -0.05) is 36.9 Å². The van der Waals surface area contributed by atoms with E-state index in [2.05, 4.69) is 0 Å². The van der Waals surface area contributed by atoms with Crippen LogP contribution in [0.1, 0.15) is 43.7 Å². The van der Waals surface area contributed by atoms with Crippen LogP contribution in [0.2, 0.25) is 5.02 Å². The van der Waals surface area contributed by atoms with Crippen LogP contribution in [-0.2, 0) is 0 Å². The molecule has 1 aromatic carbocycles. The molecule has 0 amide bonds. The first-order chi connectivity index (χ1) is 9.19. The van der Waals surface area contributed by atoms with Gasteiger partial charge in [0.25, 0.3) is 0 Å². The van der Waals surface area contributed by atoms with E-state index in [4.69, 9.17) is 26.8 Å². The molecule has 20 heavy (non-hydrogen) atoms. The summed E-state index contributed by atoms with van der Waals surface area (Å²) < 4.78 is 10.6. The van der Waals surface area contributed by atoms with E-state index in [1.807, 2.05) is 12.1 Å². The first-order valence-electron chi connectivity index (χ1n) is 6.85. The highest BCUT2D eigenvalue weighted by Crippen LogP contribution is 2.42. The molecule has 2 rings (SSSR count). The van der Waals surface area contributed by atoms with Gasteiger partial charge in [0.05, 0.1) is 19.2 Å². The molecule has 0 radical (unpaired) electrons. The fourth-order valence-corrected chi connectivity index (χ4v) is 3.27. The Kier molecular flexibility index (Phi) is 6.93. The predicted molar refractivity (Wildman–Crippen MR) is 85.3 cm³/mol. The van der Waals surface area contributed by atoms with Crippen molar-refractivity contribution >= 4 is 24.0 Å². The predicted octanol–water partition coefficient (Wildman–Crippen LogP) is 4.36. The summed E-state index contributed by atoms with van der Waals surface area (Å²) in [6.45, 7) is 0. The highest BCUT2D eigenvalue weighted by Gasteiger charge is 2.25. The topological polar surface area (TPSA) is 44.5 Å². The van der Waals surface area contributed by atoms with Gasteiger partial charge in [0.1, 0.15) is 0 Å². The number of halogens is 2. The van der Waals surface area contributed by atoms with Crippen LogP contribution in [0.15, 0.2) is 12.1 Å². The van der Waals surface area contributed by atoms with Crippen LogP contribution in [-0.4, -0.2) is 14.2 Å². The number of benzene rings is 1. The van der Waals surface area contributed by atoms with Gasteiger partial charge in [0.15, 0.2) is 11.5 Å². The van der Waals surface area contributed by atoms with Crippen molar-refractivity contribution in [2.45, 2.75) is 38.1 Å². The average molecular weight is 320 g/mol. The quantitative estimate of drug-likeness (QED) is 0.896. The second-order valence-electron chi connectivity index (χ2n) is 5.13. The van der Waals surface area contributed by atoms with Gasteiger partial charge < -0.3 is 15.2 Å². The summed E-state index contributed by atoms with van der Waals surface area (Å²) in [5, 5.41) is 0.583. The lowest BCUT2D eigenvalue weighted by atomic mass is 9.81. The standard InChI is InChI=1S/C15H22ClNO2.ClH/c1-18-12-9-8-11(13(16)15(12)19-2)14(17)10-6-4-3-5-7-10;/h8-10,14H,3-7,17H2,1-2H3;1H/t14-;/m1./s1. The van der Waals surface area contributed by atoms with E-state index in [-0.39, 0.29) is 18.4 Å². The summed E-state index contributed by atoms with van der Waals surface area (Å²) in [7, 11) is 3.20. The zero-order valence-electron chi connectivity index (χ0n) is 12.0. The summed E-state index contributed by atoms with van der Waals surface area (Å²) in [6.07, 6.45) is 6.23. The summed E-state index contributed by atoms with van der Waals surface area (Å²) in [5.74, 6) is 1.74. The SMILES string of the molecule is COc1ccc([C@H](N)C2CCCCC2)c(Cl)c1OC.Cl. The number of ether oxygens (including phenoxy) is 2. The van der Waals surface area contributed by atoms with E-state index < -0.39 is 0 Å². The Bertz CT molecular complexity index is 434. The van der Waals surface area contributed by atoms with Gasteiger partial charge in [0, 0.05) is 6.04 Å². The van der Waals surface area contributed by atoms with Gasteiger partial charge in [-0.3, -0.25) is 0 Å². The minimum atomic E-state index is -0.0207. The summed E-state index contributed by atoms with van der Waals surface area (Å²) in [5.41, 5.74) is 7.37. The fraction of sp³-hybridized carbons (Fsp3) is 0.600. The molecule has 1 aromatic rings. The number of nitrogens with two attached hydrogens (primary N) is 1. The van der Waals surface area contributed by atoms with E-state index in [1.54, 1.807) is 14.2 Å². The lowest BCUT2D eigenvalue weighted by Crippen LogP contribution is -2.24. The van der Waals surface area contributed by atoms with Crippen molar-refractivity contribution in [1.29, 1.82) is 0 Å². The number of methoxy groups -OCH3 is 2. The number of hydrogen-bond donors (Lipinski definition) is 1. The lowest BCUT2D eigenvalue weighted by molar-refractivity contribution is 0.306. The lowest BCUT2D eigenvalue weighted by Gasteiger charge is -2.28. The van der Waals surface area contributed by atoms with Crippen LogP contribution < -0.4 is 15.2 Å². The van der Waals surface area contributed by atoms with Gasteiger partial charge in [-0.25, -0.2) is 0 Å². The molecule has 114 valence electrons. The Morgan fingerprint density at radius 2 is 1.80 bits per heavy atom. The first-order valence-corrected chi connectivity index (χ1v) is 7.22. The molecule has 2 N–H and O–H groups in total. The molecule has 0 saturated heterocycles. The van der Waals surface area contributed by atoms with E-state index in [9.17, 15) is 0 Å². The van der Waals surface area contributed by atoms with E-state index in [1.165, 1.54) is 32.1 Å². The normalized spacial score (nSPS) is 17.2. The molecule has 1 fully saturated rings. The second kappa shape index (κ2) is 7.96. The summed E-state index contributed by atoms with van der Waals surface area (Å²) >= 11 is 6.42. The van der Waals surface area contributed by atoms with E-state index >= 15 is 0 Å². The van der Waals surface area contributed by atoms with Crippen molar-refractivity contribution in [2.24, 2.45) is 11.7 Å². The fourth-order valence-electron chi connectivity index (χ4n) is 2.91. The minimum absolute atomic E-state index is 0. The van der Waals surface area contributed by atoms with Gasteiger partial charge in [-0.05, 0) is 30.4 Å². The van der Waals surface area contributed by atoms with Crippen molar-refractivity contribution in [1.82, 2.24) is 0 Å². The third-order valence-corrected chi connectivity index (χ3v) is 4.42. The molecule has 1 saturated carbocycles. The summed E-state index contributed by atoms with van der Waals surface area (Å²) in [6, 6.07) is 3.82. The molecule has 0 spiro atoms. The van der Waals surface area contributed by atoms with Gasteiger partial charge in [0.2, 0.25) is 0 Å². The minimum Gasteiger partial charge on any atom is -0.493 e. The second-order valence-corrected chi connectivity index (χ2v) is 5.51. The van der Waals surface area contributed by atoms with Crippen LogP contribution in [0.3, 0.4) is 0 Å². The Labute approximate surface area is 132 Å². The van der Waals surface area contributed by atoms with Crippen LogP contribution in [0.4, 0.5) is 0 Å². The highest BCUT2D eigenvalue weighted by atomic mass is 35.5. The average Bonchev–Trinajstić information content (AvgIpc) is 2.47. The van der Waals surface area contributed by atoms with Gasteiger partial charge >= 0.3 is 0 Å². The number of hydrogen-bond acceptors (Lipinski definition) is 3. The number of rotatable bonds is 4. The van der Waals surface area contributed by atoms with Crippen molar-refractivity contribution in [3.8, 4) is 11.5 Å². The molecule has 0 heterocycles. The zero-order valence-corrected chi connectivity index (χ0v) is 13.6. The smallest absolute Gasteiger partial charge is 0.179 e. The van der Waals surface area contributed by atoms with Crippen LogP contribution in [0, 0.1) is 5.92 Å². The van der Waals surface area contributed by atoms with E-state index in [0.29, 0.717) is 22.4 Å². The molecule has 3 nitrogen and oxygen atoms in total. The molecule has 1 aliphatic carbocycles. The van der Waals surface area contributed by atoms with Gasteiger partial charge in [-0.15, -0.1) is 12.4 Å². The maximum Gasteiger partial charge on any atom is 0.179 e. The van der Waals surface area contributed by atoms with Crippen LogP contribution in [0.5, 0.6) is 11.5 Å². The van der Waals surface area contributed by atoms with Crippen molar-refractivity contribution in [3.05, 3.63) is 22.7 Å². The van der Waals surface area contributed by atoms with Crippen molar-refractivity contribution in [3.63, 3.8) is 0 Å². The van der Waals surface area contributed by atoms with Gasteiger partial charge in [-0.2, -0.15) is 0 Å². The summed E-state index contributed by atoms with van der Waals surface area (Å²) in [4.78, 5) is 0. The molecular weight excluding hydrogens is 297 g/mol. The zero-order chi connectivity index (χ0) is 13.8. The maximum atomic E-state index is 6.42. The maximum absolute atomic E-state index is 6.42. The largest absolute Gasteiger partial charge is 0.493 e. The Hall–Kier alpha value is -0.640.